The van der Waals surface area contributed by atoms with Crippen molar-refractivity contribution in [3.05, 3.63) is 24.0 Å². The van der Waals surface area contributed by atoms with Crippen LogP contribution in [0.3, 0.4) is 0 Å². The Kier molecular flexibility index (Phi) is 5.30. The van der Waals surface area contributed by atoms with Crippen LogP contribution in [0.1, 0.15) is 19.8 Å². The van der Waals surface area contributed by atoms with Gasteiger partial charge in [-0.05, 0) is 38.0 Å². The molecule has 1 saturated heterocycles. The summed E-state index contributed by atoms with van der Waals surface area (Å²) in [5.74, 6) is -0.555. The van der Waals surface area contributed by atoms with Gasteiger partial charge in [-0.15, -0.1) is 0 Å². The number of ether oxygens (including phenoxy) is 1. The highest BCUT2D eigenvalue weighted by molar-refractivity contribution is 7.86. The molecule has 1 aliphatic heterocycles. The molecule has 2 rings (SSSR count). The summed E-state index contributed by atoms with van der Waals surface area (Å²) in [6.45, 7) is 2.30. The molecule has 1 aromatic carbocycles. The normalized spacial score (nSPS) is 21.0. The Labute approximate surface area is 125 Å². The number of carbonyl (C=O) groups excluding carboxylic acids is 1. The first kappa shape index (κ1) is 15.9. The highest BCUT2D eigenvalue weighted by Gasteiger charge is 2.25. The zero-order valence-electron chi connectivity index (χ0n) is 11.8. The number of nitrogens with two attached hydrogens (primary N) is 1. The number of carbonyl (C=O) groups is 1. The Balaban J connectivity index is 1.91. The predicted octanol–water partition coefficient (Wildman–Crippen LogP) is 1.66. The Morgan fingerprint density at radius 3 is 3.00 bits per heavy atom. The molecule has 0 spiro atoms. The lowest BCUT2D eigenvalue weighted by atomic mass is 10.2. The lowest BCUT2D eigenvalue weighted by Gasteiger charge is -2.15. The Morgan fingerprint density at radius 2 is 2.38 bits per heavy atom. The Hall–Kier alpha value is -1.47. The molecule has 3 unspecified atom stereocenters. The highest BCUT2D eigenvalue weighted by atomic mass is 32.2. The third-order valence-corrected chi connectivity index (χ3v) is 5.10. The van der Waals surface area contributed by atoms with Gasteiger partial charge < -0.3 is 15.8 Å². The van der Waals surface area contributed by atoms with Gasteiger partial charge in [0, 0.05) is 23.1 Å². The largest absolute Gasteiger partial charge is 0.396 e. The van der Waals surface area contributed by atoms with Gasteiger partial charge in [-0.1, -0.05) is 0 Å². The molecule has 1 heterocycles. The third-order valence-electron chi connectivity index (χ3n) is 3.40. The minimum atomic E-state index is -1.31. The summed E-state index contributed by atoms with van der Waals surface area (Å²) in [6, 6.07) is 3.93. The lowest BCUT2D eigenvalue weighted by Crippen LogP contribution is -2.33. The Bertz CT molecular complexity index is 547. The summed E-state index contributed by atoms with van der Waals surface area (Å²) in [5.41, 5.74) is 5.79. The number of anilines is 2. The van der Waals surface area contributed by atoms with E-state index in [2.05, 4.69) is 5.32 Å². The standard InChI is InChI=1S/C14H19FN2O3S/c1-9(21(19)8-11-3-2-6-20-11)14(18)17-10-4-5-12(15)13(16)7-10/h4-5,7,9,11H,2-3,6,8,16H2,1H3,(H,17,18). The van der Waals surface area contributed by atoms with Crippen molar-refractivity contribution in [2.45, 2.75) is 31.1 Å². The molecule has 0 aliphatic carbocycles. The Morgan fingerprint density at radius 1 is 1.62 bits per heavy atom. The van der Waals surface area contributed by atoms with Gasteiger partial charge in [0.1, 0.15) is 11.1 Å². The molecule has 0 radical (unpaired) electrons. The average molecular weight is 314 g/mol. The molecule has 3 N–H and O–H groups in total. The first-order valence-electron chi connectivity index (χ1n) is 6.82. The molecule has 1 amide bonds. The number of nitrogens with one attached hydrogen (secondary N) is 1. The van der Waals surface area contributed by atoms with Crippen LogP contribution in [-0.2, 0) is 20.3 Å². The van der Waals surface area contributed by atoms with Crippen molar-refractivity contribution in [1.29, 1.82) is 0 Å². The molecular formula is C14H19FN2O3S. The zero-order chi connectivity index (χ0) is 15.4. The maximum Gasteiger partial charge on any atom is 0.239 e. The topological polar surface area (TPSA) is 81.4 Å². The predicted molar refractivity (Wildman–Crippen MR) is 80.9 cm³/mol. The SMILES string of the molecule is CC(C(=O)Nc1ccc(F)c(N)c1)S(=O)CC1CCCO1. The summed E-state index contributed by atoms with van der Waals surface area (Å²) in [7, 11) is -1.31. The molecule has 1 aromatic rings. The van der Waals surface area contributed by atoms with Gasteiger partial charge in [-0.3, -0.25) is 9.00 Å². The van der Waals surface area contributed by atoms with Crippen molar-refractivity contribution in [2.24, 2.45) is 0 Å². The fourth-order valence-electron chi connectivity index (χ4n) is 2.09. The summed E-state index contributed by atoms with van der Waals surface area (Å²) in [5, 5.41) is 1.93. The van der Waals surface area contributed by atoms with Gasteiger partial charge in [0.15, 0.2) is 0 Å². The molecule has 0 saturated carbocycles. The van der Waals surface area contributed by atoms with Crippen molar-refractivity contribution in [3.63, 3.8) is 0 Å². The van der Waals surface area contributed by atoms with Gasteiger partial charge in [-0.2, -0.15) is 0 Å². The number of hydrogen-bond acceptors (Lipinski definition) is 4. The van der Waals surface area contributed by atoms with E-state index >= 15 is 0 Å². The molecule has 116 valence electrons. The summed E-state index contributed by atoms with van der Waals surface area (Å²) >= 11 is 0. The van der Waals surface area contributed by atoms with E-state index in [0.717, 1.165) is 12.8 Å². The zero-order valence-corrected chi connectivity index (χ0v) is 12.6. The van der Waals surface area contributed by atoms with Crippen molar-refractivity contribution < 1.29 is 18.1 Å². The number of amides is 1. The van der Waals surface area contributed by atoms with E-state index in [0.29, 0.717) is 18.0 Å². The van der Waals surface area contributed by atoms with E-state index in [4.69, 9.17) is 10.5 Å². The molecule has 3 atom stereocenters. The summed E-state index contributed by atoms with van der Waals surface area (Å²) < 4.78 is 30.6. The van der Waals surface area contributed by atoms with E-state index in [1.165, 1.54) is 18.2 Å². The van der Waals surface area contributed by atoms with Crippen LogP contribution in [0.25, 0.3) is 0 Å². The maximum absolute atomic E-state index is 13.1. The van der Waals surface area contributed by atoms with E-state index in [-0.39, 0.29) is 17.7 Å². The second-order valence-corrected chi connectivity index (χ2v) is 6.85. The number of nitrogen functional groups attached to an aromatic ring is 1. The smallest absolute Gasteiger partial charge is 0.239 e. The van der Waals surface area contributed by atoms with Crippen LogP contribution in [0.4, 0.5) is 15.8 Å². The number of halogens is 1. The molecule has 21 heavy (non-hydrogen) atoms. The third kappa shape index (κ3) is 4.25. The van der Waals surface area contributed by atoms with Gasteiger partial charge >= 0.3 is 0 Å². The van der Waals surface area contributed by atoms with Gasteiger partial charge in [0.25, 0.3) is 0 Å². The molecule has 0 aromatic heterocycles. The van der Waals surface area contributed by atoms with Crippen molar-refractivity contribution in [1.82, 2.24) is 0 Å². The van der Waals surface area contributed by atoms with E-state index in [1.807, 2.05) is 0 Å². The quantitative estimate of drug-likeness (QED) is 0.810. The maximum atomic E-state index is 13.1. The van der Waals surface area contributed by atoms with E-state index in [9.17, 15) is 13.4 Å². The summed E-state index contributed by atoms with van der Waals surface area (Å²) in [6.07, 6.45) is 1.83. The van der Waals surface area contributed by atoms with Crippen LogP contribution >= 0.6 is 0 Å². The number of hydrogen-bond donors (Lipinski definition) is 2. The van der Waals surface area contributed by atoms with Crippen LogP contribution in [0.2, 0.25) is 0 Å². The monoisotopic (exact) mass is 314 g/mol. The summed E-state index contributed by atoms with van der Waals surface area (Å²) in [4.78, 5) is 12.0. The number of benzene rings is 1. The molecule has 0 bridgehead atoms. The van der Waals surface area contributed by atoms with Crippen molar-refractivity contribution >= 4 is 28.1 Å². The van der Waals surface area contributed by atoms with E-state index in [1.54, 1.807) is 6.92 Å². The van der Waals surface area contributed by atoms with Gasteiger partial charge in [-0.25, -0.2) is 4.39 Å². The fourth-order valence-corrected chi connectivity index (χ4v) is 3.30. The second-order valence-electron chi connectivity index (χ2n) is 5.05. The highest BCUT2D eigenvalue weighted by Crippen LogP contribution is 2.18. The molecular weight excluding hydrogens is 295 g/mol. The van der Waals surface area contributed by atoms with Crippen LogP contribution in [0.15, 0.2) is 18.2 Å². The van der Waals surface area contributed by atoms with Crippen molar-refractivity contribution in [3.8, 4) is 0 Å². The average Bonchev–Trinajstić information content (AvgIpc) is 2.94. The molecule has 1 fully saturated rings. The van der Waals surface area contributed by atoms with E-state index < -0.39 is 21.9 Å². The van der Waals surface area contributed by atoms with Crippen LogP contribution in [0.5, 0.6) is 0 Å². The fraction of sp³-hybridized carbons (Fsp3) is 0.500. The minimum absolute atomic E-state index is 0.0254. The minimum Gasteiger partial charge on any atom is -0.396 e. The molecule has 7 heteroatoms. The van der Waals surface area contributed by atoms with Crippen LogP contribution in [0, 0.1) is 5.82 Å². The lowest BCUT2D eigenvalue weighted by molar-refractivity contribution is -0.115. The molecule has 5 nitrogen and oxygen atoms in total. The first-order valence-corrected chi connectivity index (χ1v) is 8.20. The van der Waals surface area contributed by atoms with Crippen LogP contribution < -0.4 is 11.1 Å². The second kappa shape index (κ2) is 7.00. The molecule has 1 aliphatic rings. The van der Waals surface area contributed by atoms with Gasteiger partial charge in [0.05, 0.1) is 17.5 Å². The van der Waals surface area contributed by atoms with Gasteiger partial charge in [0.2, 0.25) is 5.91 Å². The first-order chi connectivity index (χ1) is 9.97. The number of rotatable bonds is 5. The van der Waals surface area contributed by atoms with Crippen molar-refractivity contribution in [2.75, 3.05) is 23.4 Å². The van der Waals surface area contributed by atoms with Crippen LogP contribution in [-0.4, -0.2) is 33.8 Å².